The molecule has 0 aliphatic carbocycles. The summed E-state index contributed by atoms with van der Waals surface area (Å²) in [4.78, 5) is 3.89. The number of anilines is 2. The SMILES string of the molecule is Cc1cc(Br)c(NS(=O)(=O)c2cccnc2)cc1N. The van der Waals surface area contributed by atoms with Crippen LogP contribution >= 0.6 is 15.9 Å². The van der Waals surface area contributed by atoms with Gasteiger partial charge >= 0.3 is 0 Å². The second-order valence-electron chi connectivity index (χ2n) is 3.98. The zero-order valence-corrected chi connectivity index (χ0v) is 12.5. The van der Waals surface area contributed by atoms with Gasteiger partial charge in [-0.2, -0.15) is 0 Å². The van der Waals surface area contributed by atoms with Crippen LogP contribution in [0.5, 0.6) is 0 Å². The van der Waals surface area contributed by atoms with Gasteiger partial charge in [-0.3, -0.25) is 9.71 Å². The largest absolute Gasteiger partial charge is 0.398 e. The molecule has 0 atom stereocenters. The van der Waals surface area contributed by atoms with E-state index < -0.39 is 10.0 Å². The highest BCUT2D eigenvalue weighted by Crippen LogP contribution is 2.29. The lowest BCUT2D eigenvalue weighted by Gasteiger charge is -2.11. The van der Waals surface area contributed by atoms with E-state index in [4.69, 9.17) is 5.73 Å². The normalized spacial score (nSPS) is 11.3. The highest BCUT2D eigenvalue weighted by Gasteiger charge is 2.16. The number of hydrogen-bond acceptors (Lipinski definition) is 4. The summed E-state index contributed by atoms with van der Waals surface area (Å²) in [7, 11) is -3.66. The Morgan fingerprint density at radius 2 is 2.11 bits per heavy atom. The van der Waals surface area contributed by atoms with Crippen LogP contribution in [0.4, 0.5) is 11.4 Å². The number of rotatable bonds is 3. The quantitative estimate of drug-likeness (QED) is 0.840. The fraction of sp³-hybridized carbons (Fsp3) is 0.0833. The van der Waals surface area contributed by atoms with Gasteiger partial charge in [-0.15, -0.1) is 0 Å². The van der Waals surface area contributed by atoms with Gasteiger partial charge in [-0.1, -0.05) is 0 Å². The number of hydrogen-bond donors (Lipinski definition) is 2. The second-order valence-corrected chi connectivity index (χ2v) is 6.52. The molecule has 2 rings (SSSR count). The zero-order chi connectivity index (χ0) is 14.0. The van der Waals surface area contributed by atoms with E-state index in [2.05, 4.69) is 25.6 Å². The van der Waals surface area contributed by atoms with Gasteiger partial charge in [-0.05, 0) is 52.7 Å². The molecule has 7 heteroatoms. The summed E-state index contributed by atoms with van der Waals surface area (Å²) in [5.74, 6) is 0. The minimum atomic E-state index is -3.66. The Kier molecular flexibility index (Phi) is 3.77. The van der Waals surface area contributed by atoms with Crippen LogP contribution in [-0.2, 0) is 10.0 Å². The molecule has 3 N–H and O–H groups in total. The molecular weight excluding hydrogens is 330 g/mol. The van der Waals surface area contributed by atoms with Gasteiger partial charge in [0, 0.05) is 22.6 Å². The maximum absolute atomic E-state index is 12.1. The lowest BCUT2D eigenvalue weighted by atomic mass is 10.2. The maximum Gasteiger partial charge on any atom is 0.263 e. The van der Waals surface area contributed by atoms with Crippen molar-refractivity contribution < 1.29 is 8.42 Å². The highest BCUT2D eigenvalue weighted by atomic mass is 79.9. The van der Waals surface area contributed by atoms with Gasteiger partial charge in [0.25, 0.3) is 10.0 Å². The van der Waals surface area contributed by atoms with Crippen LogP contribution in [0, 0.1) is 6.92 Å². The second kappa shape index (κ2) is 5.18. The van der Waals surface area contributed by atoms with Crippen LogP contribution in [0.1, 0.15) is 5.56 Å². The molecule has 0 saturated carbocycles. The summed E-state index contributed by atoms with van der Waals surface area (Å²) in [6.45, 7) is 1.85. The van der Waals surface area contributed by atoms with Crippen LogP contribution < -0.4 is 10.5 Å². The molecule has 0 fully saturated rings. The first-order valence-corrected chi connectivity index (χ1v) is 7.66. The summed E-state index contributed by atoms with van der Waals surface area (Å²) in [5, 5.41) is 0. The van der Waals surface area contributed by atoms with Crippen LogP contribution in [0.25, 0.3) is 0 Å². The Morgan fingerprint density at radius 1 is 1.37 bits per heavy atom. The number of sulfonamides is 1. The number of halogens is 1. The van der Waals surface area contributed by atoms with Crippen LogP contribution in [-0.4, -0.2) is 13.4 Å². The van der Waals surface area contributed by atoms with E-state index in [1.807, 2.05) is 6.92 Å². The van der Waals surface area contributed by atoms with E-state index >= 15 is 0 Å². The van der Waals surface area contributed by atoms with Crippen molar-refractivity contribution in [3.8, 4) is 0 Å². The van der Waals surface area contributed by atoms with Crippen molar-refractivity contribution in [2.24, 2.45) is 0 Å². The third-order valence-corrected chi connectivity index (χ3v) is 4.55. The summed E-state index contributed by atoms with van der Waals surface area (Å²) < 4.78 is 27.4. The molecule has 19 heavy (non-hydrogen) atoms. The minimum Gasteiger partial charge on any atom is -0.398 e. The Labute approximate surface area is 120 Å². The molecule has 5 nitrogen and oxygen atoms in total. The topological polar surface area (TPSA) is 85.1 Å². The Balaban J connectivity index is 2.39. The molecule has 0 aliphatic heterocycles. The van der Waals surface area contributed by atoms with E-state index in [1.165, 1.54) is 18.5 Å². The summed E-state index contributed by atoms with van der Waals surface area (Å²) >= 11 is 3.31. The monoisotopic (exact) mass is 341 g/mol. The van der Waals surface area contributed by atoms with Crippen molar-refractivity contribution in [2.75, 3.05) is 10.5 Å². The third kappa shape index (κ3) is 3.05. The first kappa shape index (κ1) is 13.8. The van der Waals surface area contributed by atoms with Crippen LogP contribution in [0.15, 0.2) is 46.0 Å². The van der Waals surface area contributed by atoms with Gasteiger partial charge in [0.1, 0.15) is 4.90 Å². The maximum atomic E-state index is 12.1. The van der Waals surface area contributed by atoms with E-state index in [0.717, 1.165) is 5.56 Å². The van der Waals surface area contributed by atoms with E-state index in [9.17, 15) is 8.42 Å². The minimum absolute atomic E-state index is 0.0982. The molecule has 100 valence electrons. The fourth-order valence-corrected chi connectivity index (χ4v) is 3.20. The first-order valence-electron chi connectivity index (χ1n) is 5.38. The number of nitrogens with zero attached hydrogens (tertiary/aromatic N) is 1. The van der Waals surface area contributed by atoms with Crippen LogP contribution in [0.2, 0.25) is 0 Å². The summed E-state index contributed by atoms with van der Waals surface area (Å²) in [6.07, 6.45) is 2.80. The van der Waals surface area contributed by atoms with Gasteiger partial charge in [0.2, 0.25) is 0 Å². The van der Waals surface area contributed by atoms with Crippen molar-refractivity contribution in [1.29, 1.82) is 0 Å². The number of nitrogen functional groups attached to an aromatic ring is 1. The molecule has 1 aromatic heterocycles. The molecule has 0 saturated heterocycles. The average Bonchev–Trinajstić information content (AvgIpc) is 2.37. The Hall–Kier alpha value is -1.60. The van der Waals surface area contributed by atoms with Crippen LogP contribution in [0.3, 0.4) is 0 Å². The van der Waals surface area contributed by atoms with Crippen molar-refractivity contribution in [3.63, 3.8) is 0 Å². The standard InChI is InChI=1S/C12H12BrN3O2S/c1-8-5-10(13)12(6-11(8)14)16-19(17,18)9-3-2-4-15-7-9/h2-7,16H,14H2,1H3. The van der Waals surface area contributed by atoms with E-state index in [1.54, 1.807) is 18.2 Å². The molecule has 2 aromatic rings. The van der Waals surface area contributed by atoms with E-state index in [0.29, 0.717) is 15.8 Å². The smallest absolute Gasteiger partial charge is 0.263 e. The Bertz CT molecular complexity index is 702. The summed E-state index contributed by atoms with van der Waals surface area (Å²) in [6, 6.07) is 6.37. The average molecular weight is 342 g/mol. The van der Waals surface area contributed by atoms with E-state index in [-0.39, 0.29) is 4.90 Å². The zero-order valence-electron chi connectivity index (χ0n) is 10.1. The number of benzene rings is 1. The van der Waals surface area contributed by atoms with Crippen molar-refractivity contribution in [2.45, 2.75) is 11.8 Å². The number of nitrogens with one attached hydrogen (secondary N) is 1. The molecule has 0 radical (unpaired) electrons. The van der Waals surface area contributed by atoms with Gasteiger partial charge in [0.15, 0.2) is 0 Å². The Morgan fingerprint density at radius 3 is 2.74 bits per heavy atom. The van der Waals surface area contributed by atoms with Gasteiger partial charge in [0.05, 0.1) is 5.69 Å². The molecular formula is C12H12BrN3O2S. The lowest BCUT2D eigenvalue weighted by molar-refractivity contribution is 0.601. The molecule has 0 aliphatic rings. The molecule has 1 aromatic carbocycles. The first-order chi connectivity index (χ1) is 8.90. The van der Waals surface area contributed by atoms with Crippen molar-refractivity contribution in [1.82, 2.24) is 4.98 Å². The van der Waals surface area contributed by atoms with Gasteiger partial charge in [-0.25, -0.2) is 8.42 Å². The molecule has 0 spiro atoms. The van der Waals surface area contributed by atoms with Crippen molar-refractivity contribution in [3.05, 3.63) is 46.7 Å². The molecule has 1 heterocycles. The third-order valence-electron chi connectivity index (χ3n) is 2.54. The molecule has 0 unspecified atom stereocenters. The number of aryl methyl sites for hydroxylation is 1. The lowest BCUT2D eigenvalue weighted by Crippen LogP contribution is -2.13. The van der Waals surface area contributed by atoms with Gasteiger partial charge < -0.3 is 5.73 Å². The highest BCUT2D eigenvalue weighted by molar-refractivity contribution is 9.10. The molecule has 0 bridgehead atoms. The fourth-order valence-electron chi connectivity index (χ4n) is 1.48. The predicted octanol–water partition coefficient (Wildman–Crippen LogP) is 2.54. The van der Waals surface area contributed by atoms with Crippen molar-refractivity contribution >= 4 is 37.3 Å². The predicted molar refractivity (Wildman–Crippen MR) is 78.3 cm³/mol. The molecule has 0 amide bonds. The number of aromatic nitrogens is 1. The number of pyridine rings is 1. The summed E-state index contributed by atoms with van der Waals surface area (Å²) in [5.41, 5.74) is 7.57. The number of nitrogens with two attached hydrogens (primary N) is 1.